The fourth-order valence-electron chi connectivity index (χ4n) is 2.48. The summed E-state index contributed by atoms with van der Waals surface area (Å²) in [6.45, 7) is 3.60. The summed E-state index contributed by atoms with van der Waals surface area (Å²) >= 11 is 0. The molecule has 2 heterocycles. The van der Waals surface area contributed by atoms with E-state index in [0.717, 1.165) is 50.9 Å². The molecule has 1 N–H and O–H groups in total. The molecule has 0 spiro atoms. The third-order valence-corrected chi connectivity index (χ3v) is 3.89. The van der Waals surface area contributed by atoms with Crippen molar-refractivity contribution in [2.45, 2.75) is 38.3 Å². The Morgan fingerprint density at radius 3 is 2.84 bits per heavy atom. The van der Waals surface area contributed by atoms with Gasteiger partial charge in [0.2, 0.25) is 0 Å². The quantitative estimate of drug-likeness (QED) is 0.850. The molecular weight excluding hydrogens is 242 g/mol. The summed E-state index contributed by atoms with van der Waals surface area (Å²) in [5.74, 6) is 0.693. The van der Waals surface area contributed by atoms with Gasteiger partial charge in [-0.05, 0) is 31.6 Å². The highest BCUT2D eigenvalue weighted by Crippen LogP contribution is 2.21. The molecule has 106 valence electrons. The fraction of sp³-hybridized carbons (Fsp3) is 0.786. The summed E-state index contributed by atoms with van der Waals surface area (Å²) in [5, 5.41) is 3.45. The van der Waals surface area contributed by atoms with Crippen LogP contribution in [0.1, 0.15) is 31.4 Å². The number of hydrogen-bond donors (Lipinski definition) is 1. The first-order chi connectivity index (χ1) is 9.31. The second-order valence-corrected chi connectivity index (χ2v) is 5.71. The van der Waals surface area contributed by atoms with Crippen LogP contribution in [0.15, 0.2) is 10.7 Å². The molecule has 0 radical (unpaired) electrons. The number of oxazole rings is 1. The second kappa shape index (κ2) is 5.92. The van der Waals surface area contributed by atoms with Gasteiger partial charge in [0.05, 0.1) is 5.69 Å². The highest BCUT2D eigenvalue weighted by molar-refractivity contribution is 5.25. The molecule has 1 aliphatic heterocycles. The lowest BCUT2D eigenvalue weighted by atomic mass is 10.0. The molecule has 0 amide bonds. The molecule has 0 atom stereocenters. The number of ether oxygens (including phenoxy) is 1. The normalized spacial score (nSPS) is 20.7. The van der Waals surface area contributed by atoms with E-state index in [9.17, 15) is 0 Å². The molecule has 1 aliphatic carbocycles. The Morgan fingerprint density at radius 2 is 2.11 bits per heavy atom. The van der Waals surface area contributed by atoms with Gasteiger partial charge in [-0.2, -0.15) is 4.98 Å². The van der Waals surface area contributed by atoms with E-state index in [-0.39, 0.29) is 0 Å². The molecule has 0 aromatic carbocycles. The zero-order valence-electron chi connectivity index (χ0n) is 11.6. The maximum Gasteiger partial charge on any atom is 0.297 e. The minimum absolute atomic E-state index is 0.693. The Morgan fingerprint density at radius 1 is 1.32 bits per heavy atom. The van der Waals surface area contributed by atoms with Crippen molar-refractivity contribution >= 4 is 6.01 Å². The zero-order chi connectivity index (χ0) is 13.1. The van der Waals surface area contributed by atoms with Crippen LogP contribution in [-0.4, -0.2) is 37.8 Å². The van der Waals surface area contributed by atoms with Crippen molar-refractivity contribution in [1.82, 2.24) is 10.3 Å². The number of anilines is 1. The van der Waals surface area contributed by atoms with Crippen LogP contribution < -0.4 is 10.2 Å². The van der Waals surface area contributed by atoms with Gasteiger partial charge in [-0.3, -0.25) is 0 Å². The summed E-state index contributed by atoms with van der Waals surface area (Å²) in [6.07, 6.45) is 6.65. The summed E-state index contributed by atoms with van der Waals surface area (Å²) in [6, 6.07) is 1.44. The molecule has 2 fully saturated rings. The molecule has 19 heavy (non-hydrogen) atoms. The van der Waals surface area contributed by atoms with Gasteiger partial charge in [-0.15, -0.1) is 0 Å². The number of nitrogens with one attached hydrogen (secondary N) is 1. The van der Waals surface area contributed by atoms with Crippen LogP contribution >= 0.6 is 0 Å². The van der Waals surface area contributed by atoms with E-state index in [1.54, 1.807) is 6.26 Å². The van der Waals surface area contributed by atoms with E-state index >= 15 is 0 Å². The predicted molar refractivity (Wildman–Crippen MR) is 73.2 cm³/mol. The van der Waals surface area contributed by atoms with Crippen LogP contribution in [0, 0.1) is 5.92 Å². The molecule has 0 unspecified atom stereocenters. The average molecular weight is 265 g/mol. The largest absolute Gasteiger partial charge is 0.432 e. The van der Waals surface area contributed by atoms with Crippen molar-refractivity contribution in [3.8, 4) is 0 Å². The number of rotatable bonds is 6. The van der Waals surface area contributed by atoms with Crippen LogP contribution in [0.2, 0.25) is 0 Å². The van der Waals surface area contributed by atoms with Gasteiger partial charge < -0.3 is 19.4 Å². The molecule has 1 saturated carbocycles. The Hall–Kier alpha value is -1.07. The maximum atomic E-state index is 5.56. The van der Waals surface area contributed by atoms with Crippen molar-refractivity contribution in [2.24, 2.45) is 5.92 Å². The van der Waals surface area contributed by atoms with Gasteiger partial charge in [0.1, 0.15) is 6.26 Å². The highest BCUT2D eigenvalue weighted by Gasteiger charge is 2.21. The van der Waals surface area contributed by atoms with E-state index in [4.69, 9.17) is 9.15 Å². The van der Waals surface area contributed by atoms with Crippen LogP contribution in [-0.2, 0) is 11.3 Å². The first-order valence-corrected chi connectivity index (χ1v) is 7.28. The van der Waals surface area contributed by atoms with Crippen molar-refractivity contribution in [3.63, 3.8) is 0 Å². The second-order valence-electron chi connectivity index (χ2n) is 5.71. The number of hydrogen-bond acceptors (Lipinski definition) is 5. The molecule has 3 rings (SSSR count). The smallest absolute Gasteiger partial charge is 0.297 e. The molecule has 5 heteroatoms. The molecule has 1 saturated heterocycles. The molecule has 2 aliphatic rings. The number of aromatic nitrogens is 1. The maximum absolute atomic E-state index is 5.56. The summed E-state index contributed by atoms with van der Waals surface area (Å²) in [4.78, 5) is 6.66. The van der Waals surface area contributed by atoms with Crippen LogP contribution in [0.3, 0.4) is 0 Å². The minimum atomic E-state index is 0.693. The van der Waals surface area contributed by atoms with Crippen molar-refractivity contribution in [3.05, 3.63) is 12.0 Å². The van der Waals surface area contributed by atoms with E-state index in [1.165, 1.54) is 12.8 Å². The molecule has 1 aromatic rings. The average Bonchev–Trinajstić information content (AvgIpc) is 3.14. The molecule has 1 aromatic heterocycles. The van der Waals surface area contributed by atoms with Crippen LogP contribution in [0.4, 0.5) is 6.01 Å². The lowest BCUT2D eigenvalue weighted by Crippen LogP contribution is -2.29. The molecular formula is C14H23N3O2. The summed E-state index contributed by atoms with van der Waals surface area (Å²) < 4.78 is 10.9. The fourth-order valence-corrected chi connectivity index (χ4v) is 2.48. The van der Waals surface area contributed by atoms with Gasteiger partial charge in [0.15, 0.2) is 0 Å². The Kier molecular flexibility index (Phi) is 4.03. The minimum Gasteiger partial charge on any atom is -0.432 e. The molecule has 0 bridgehead atoms. The SMILES string of the molecule is CN(CC1CCOCC1)c1nc(CNC2CC2)co1. The first-order valence-electron chi connectivity index (χ1n) is 7.28. The third kappa shape index (κ3) is 3.70. The van der Waals surface area contributed by atoms with Crippen LogP contribution in [0.5, 0.6) is 0 Å². The molecule has 5 nitrogen and oxygen atoms in total. The standard InChI is InChI=1S/C14H23N3O2/c1-17(9-11-4-6-18-7-5-11)14-16-13(10-19-14)8-15-12-2-3-12/h10-12,15H,2-9H2,1H3. The highest BCUT2D eigenvalue weighted by atomic mass is 16.5. The first kappa shape index (κ1) is 12.9. The Balaban J connectivity index is 1.48. The topological polar surface area (TPSA) is 50.5 Å². The van der Waals surface area contributed by atoms with Gasteiger partial charge in [-0.1, -0.05) is 0 Å². The van der Waals surface area contributed by atoms with Crippen molar-refractivity contribution < 1.29 is 9.15 Å². The summed E-state index contributed by atoms with van der Waals surface area (Å²) in [5.41, 5.74) is 1.00. The lowest BCUT2D eigenvalue weighted by Gasteiger charge is -2.26. The van der Waals surface area contributed by atoms with Gasteiger partial charge in [-0.25, -0.2) is 0 Å². The monoisotopic (exact) mass is 265 g/mol. The van der Waals surface area contributed by atoms with E-state index in [2.05, 4.69) is 22.2 Å². The summed E-state index contributed by atoms with van der Waals surface area (Å²) in [7, 11) is 2.05. The lowest BCUT2D eigenvalue weighted by molar-refractivity contribution is 0.0682. The zero-order valence-corrected chi connectivity index (χ0v) is 11.6. The van der Waals surface area contributed by atoms with Gasteiger partial charge in [0, 0.05) is 39.4 Å². The van der Waals surface area contributed by atoms with E-state index in [0.29, 0.717) is 12.0 Å². The van der Waals surface area contributed by atoms with E-state index in [1.807, 2.05) is 0 Å². The third-order valence-electron chi connectivity index (χ3n) is 3.89. The number of nitrogens with zero attached hydrogens (tertiary/aromatic N) is 2. The predicted octanol–water partition coefficient (Wildman–Crippen LogP) is 1.79. The van der Waals surface area contributed by atoms with Gasteiger partial charge >= 0.3 is 0 Å². The van der Waals surface area contributed by atoms with Gasteiger partial charge in [0.25, 0.3) is 6.01 Å². The van der Waals surface area contributed by atoms with E-state index < -0.39 is 0 Å². The van der Waals surface area contributed by atoms with Crippen LogP contribution in [0.25, 0.3) is 0 Å². The Labute approximate surface area is 114 Å². The van der Waals surface area contributed by atoms with Crippen molar-refractivity contribution in [1.29, 1.82) is 0 Å². The Bertz CT molecular complexity index is 397. The van der Waals surface area contributed by atoms with Crippen molar-refractivity contribution in [2.75, 3.05) is 31.7 Å².